The quantitative estimate of drug-likeness (QED) is 0.129. The lowest BCUT2D eigenvalue weighted by Gasteiger charge is -2.33. The fourth-order valence-corrected chi connectivity index (χ4v) is 7.95. The third-order valence-electron chi connectivity index (χ3n) is 10.7. The molecule has 0 radical (unpaired) electrons. The highest BCUT2D eigenvalue weighted by Gasteiger charge is 2.40. The predicted octanol–water partition coefficient (Wildman–Crippen LogP) is 6.10. The van der Waals surface area contributed by atoms with Gasteiger partial charge in [-0.2, -0.15) is 0 Å². The maximum atomic E-state index is 13.8. The summed E-state index contributed by atoms with van der Waals surface area (Å²) >= 11 is 0. The number of rotatable bonds is 10. The fraction of sp³-hybridized carbons (Fsp3) is 0.462. The number of amides is 4. The largest absolute Gasteiger partial charge is 0.465 e. The number of carbonyl (C=O) groups is 4. The van der Waals surface area contributed by atoms with Gasteiger partial charge in [0.15, 0.2) is 5.76 Å². The standard InChI is InChI=1S/C39H47N9O7/c1-20(2)30(45-38(51)54-6)36(49)47-16-8-12-27(47)33-41-24-15-14-22(18-26(24)43-33)29-19-40-35(55-29)23-10-7-11-25-31(23)44-34(42-25)28-13-9-17-48(28)37(50)32(21(3)4)46(5)39(52)53/h7,10-11,14-15,18-21,27-28,30,32H,8-9,12-13,16-17H2,1-6H3,(H,41,43)(H,42,44)(H,45,51)(H,52,53)/t27-,28-,30-,32-/m0/s1. The molecule has 4 atom stereocenters. The van der Waals surface area contributed by atoms with Crippen LogP contribution >= 0.6 is 0 Å². The number of ether oxygens (including phenoxy) is 1. The van der Waals surface area contributed by atoms with Gasteiger partial charge in [0.2, 0.25) is 17.7 Å². The summed E-state index contributed by atoms with van der Waals surface area (Å²) in [5.41, 5.74) is 4.41. The number of likely N-dealkylation sites (N-methyl/N-ethyl adjacent to an activating group) is 1. The Kier molecular flexibility index (Phi) is 10.2. The average molecular weight is 754 g/mol. The smallest absolute Gasteiger partial charge is 0.407 e. The summed E-state index contributed by atoms with van der Waals surface area (Å²) in [7, 11) is 2.71. The molecule has 3 aromatic heterocycles. The van der Waals surface area contributed by atoms with Crippen LogP contribution in [0, 0.1) is 11.8 Å². The Morgan fingerprint density at radius 2 is 1.60 bits per heavy atom. The van der Waals surface area contributed by atoms with E-state index in [-0.39, 0.29) is 35.7 Å². The van der Waals surface area contributed by atoms with Crippen molar-refractivity contribution in [3.63, 3.8) is 0 Å². The fourth-order valence-electron chi connectivity index (χ4n) is 7.95. The molecule has 290 valence electrons. The molecule has 0 bridgehead atoms. The SMILES string of the molecule is COC(=O)N[C@H](C(=O)N1CCC[C@H]1c1nc2ccc(-c3cnc(-c4cccc5[nH]c([C@@H]6CCCN6C(=O)[C@H](C(C)C)N(C)C(=O)O)nc45)o3)cc2[nH]1)C(C)C. The van der Waals surface area contributed by atoms with Crippen molar-refractivity contribution in [1.82, 2.24) is 44.9 Å². The number of alkyl carbamates (subject to hydrolysis) is 1. The Morgan fingerprint density at radius 3 is 2.25 bits per heavy atom. The van der Waals surface area contributed by atoms with Gasteiger partial charge in [-0.05, 0) is 67.9 Å². The number of hydrogen-bond acceptors (Lipinski definition) is 9. The van der Waals surface area contributed by atoms with E-state index in [4.69, 9.17) is 19.1 Å². The number of aromatic nitrogens is 5. The van der Waals surface area contributed by atoms with Gasteiger partial charge < -0.3 is 39.3 Å². The van der Waals surface area contributed by atoms with Crippen LogP contribution in [0.1, 0.15) is 77.1 Å². The zero-order valence-electron chi connectivity index (χ0n) is 31.8. The van der Waals surface area contributed by atoms with Crippen LogP contribution in [0.4, 0.5) is 9.59 Å². The van der Waals surface area contributed by atoms with Crippen LogP contribution in [0.15, 0.2) is 47.0 Å². The number of H-pyrrole nitrogens is 2. The highest BCUT2D eigenvalue weighted by atomic mass is 16.5. The summed E-state index contributed by atoms with van der Waals surface area (Å²) < 4.78 is 11.1. The van der Waals surface area contributed by atoms with Crippen molar-refractivity contribution in [1.29, 1.82) is 0 Å². The summed E-state index contributed by atoms with van der Waals surface area (Å²) in [6.07, 6.45) is 2.90. The van der Waals surface area contributed by atoms with Gasteiger partial charge in [0.1, 0.15) is 29.2 Å². The number of nitrogens with zero attached hydrogens (tertiary/aromatic N) is 6. The number of methoxy groups -OCH3 is 1. The molecule has 0 aliphatic carbocycles. The Morgan fingerprint density at radius 1 is 0.927 bits per heavy atom. The lowest BCUT2D eigenvalue weighted by atomic mass is 10.0. The molecular weight excluding hydrogens is 706 g/mol. The van der Waals surface area contributed by atoms with E-state index in [1.807, 2.05) is 64.1 Å². The molecule has 2 aliphatic heterocycles. The second-order valence-electron chi connectivity index (χ2n) is 15.0. The monoisotopic (exact) mass is 753 g/mol. The van der Waals surface area contributed by atoms with Crippen LogP contribution in [0.5, 0.6) is 0 Å². The van der Waals surface area contributed by atoms with E-state index in [0.717, 1.165) is 46.3 Å². The van der Waals surface area contributed by atoms with Crippen molar-refractivity contribution in [2.45, 2.75) is 77.5 Å². The first-order valence-electron chi connectivity index (χ1n) is 18.7. The molecule has 5 aromatic rings. The molecule has 7 rings (SSSR count). The molecule has 2 aromatic carbocycles. The lowest BCUT2D eigenvalue weighted by molar-refractivity contribution is -0.138. The summed E-state index contributed by atoms with van der Waals surface area (Å²) in [5.74, 6) is 1.48. The molecule has 0 spiro atoms. The molecular formula is C39H47N9O7. The third kappa shape index (κ3) is 7.08. The number of oxazole rings is 1. The Labute approximate surface area is 317 Å². The number of likely N-dealkylation sites (tertiary alicyclic amines) is 2. The number of para-hydroxylation sites is 1. The van der Waals surface area contributed by atoms with Crippen molar-refractivity contribution in [2.24, 2.45) is 11.8 Å². The second kappa shape index (κ2) is 15.1. The normalized spacial score (nSPS) is 18.4. The molecule has 2 saturated heterocycles. The summed E-state index contributed by atoms with van der Waals surface area (Å²) in [6, 6.07) is 9.32. The highest BCUT2D eigenvalue weighted by molar-refractivity contribution is 5.91. The molecule has 16 nitrogen and oxygen atoms in total. The number of carboxylic acid groups (broad SMARTS) is 1. The van der Waals surface area contributed by atoms with Crippen molar-refractivity contribution in [2.75, 3.05) is 27.2 Å². The Balaban J connectivity index is 1.12. The van der Waals surface area contributed by atoms with Crippen LogP contribution in [0.2, 0.25) is 0 Å². The third-order valence-corrected chi connectivity index (χ3v) is 10.7. The molecule has 4 amide bonds. The van der Waals surface area contributed by atoms with Gasteiger partial charge in [-0.15, -0.1) is 0 Å². The predicted molar refractivity (Wildman–Crippen MR) is 203 cm³/mol. The number of imidazole rings is 2. The minimum Gasteiger partial charge on any atom is -0.465 e. The van der Waals surface area contributed by atoms with E-state index in [0.29, 0.717) is 53.9 Å². The number of fused-ring (bicyclic) bond motifs is 2. The summed E-state index contributed by atoms with van der Waals surface area (Å²) in [6.45, 7) is 8.54. The van der Waals surface area contributed by atoms with Crippen LogP contribution in [-0.4, -0.2) is 108 Å². The van der Waals surface area contributed by atoms with Crippen LogP contribution in [0.25, 0.3) is 44.8 Å². The highest BCUT2D eigenvalue weighted by Crippen LogP contribution is 2.37. The van der Waals surface area contributed by atoms with Crippen molar-refractivity contribution >= 4 is 46.1 Å². The zero-order chi connectivity index (χ0) is 39.1. The molecule has 2 fully saturated rings. The van der Waals surface area contributed by atoms with Gasteiger partial charge in [0, 0.05) is 25.7 Å². The average Bonchev–Trinajstić information content (AvgIpc) is 4.01. The maximum Gasteiger partial charge on any atom is 0.407 e. The van der Waals surface area contributed by atoms with Crippen molar-refractivity contribution < 1.29 is 33.4 Å². The zero-order valence-corrected chi connectivity index (χ0v) is 31.8. The van der Waals surface area contributed by atoms with Crippen molar-refractivity contribution in [3.8, 4) is 22.8 Å². The van der Waals surface area contributed by atoms with E-state index in [2.05, 4.69) is 20.3 Å². The maximum absolute atomic E-state index is 13.8. The molecule has 16 heteroatoms. The molecule has 0 unspecified atom stereocenters. The first-order chi connectivity index (χ1) is 26.4. The van der Waals surface area contributed by atoms with E-state index < -0.39 is 24.3 Å². The van der Waals surface area contributed by atoms with Gasteiger partial charge >= 0.3 is 12.2 Å². The second-order valence-corrected chi connectivity index (χ2v) is 15.0. The van der Waals surface area contributed by atoms with Gasteiger partial charge in [0.25, 0.3) is 0 Å². The number of nitrogens with one attached hydrogen (secondary N) is 3. The number of carbonyl (C=O) groups excluding carboxylic acids is 3. The Bertz CT molecular complexity index is 2240. The van der Waals surface area contributed by atoms with Gasteiger partial charge in [-0.3, -0.25) is 14.5 Å². The van der Waals surface area contributed by atoms with Gasteiger partial charge in [0.05, 0.1) is 47.5 Å². The van der Waals surface area contributed by atoms with Crippen LogP contribution in [-0.2, 0) is 14.3 Å². The molecule has 0 saturated carbocycles. The number of hydrogen-bond donors (Lipinski definition) is 4. The number of aromatic amines is 2. The van der Waals surface area contributed by atoms with Gasteiger partial charge in [-0.1, -0.05) is 33.8 Å². The topological polar surface area (TPSA) is 203 Å². The minimum absolute atomic E-state index is 0.134. The molecule has 55 heavy (non-hydrogen) atoms. The molecule has 4 N–H and O–H groups in total. The molecule has 2 aliphatic rings. The Hall–Kier alpha value is -5.93. The van der Waals surface area contributed by atoms with Crippen LogP contribution < -0.4 is 5.32 Å². The summed E-state index contributed by atoms with van der Waals surface area (Å²) in [4.78, 5) is 77.0. The van der Waals surface area contributed by atoms with Crippen molar-refractivity contribution in [3.05, 3.63) is 54.2 Å². The van der Waals surface area contributed by atoms with E-state index in [9.17, 15) is 24.3 Å². The summed E-state index contributed by atoms with van der Waals surface area (Å²) in [5, 5.41) is 12.3. The molecule has 5 heterocycles. The van der Waals surface area contributed by atoms with Crippen LogP contribution in [0.3, 0.4) is 0 Å². The number of benzene rings is 2. The van der Waals surface area contributed by atoms with E-state index >= 15 is 0 Å². The van der Waals surface area contributed by atoms with E-state index in [1.165, 1.54) is 14.2 Å². The first kappa shape index (κ1) is 37.4. The van der Waals surface area contributed by atoms with E-state index in [1.54, 1.807) is 16.0 Å². The minimum atomic E-state index is -1.15. The van der Waals surface area contributed by atoms with Gasteiger partial charge in [-0.25, -0.2) is 24.5 Å². The lowest BCUT2D eigenvalue weighted by Crippen LogP contribution is -2.51. The first-order valence-corrected chi connectivity index (χ1v) is 18.7.